The van der Waals surface area contributed by atoms with Crippen molar-refractivity contribution >= 4 is 34.7 Å². The fourth-order valence-corrected chi connectivity index (χ4v) is 3.59. The van der Waals surface area contributed by atoms with Gasteiger partial charge in [-0.25, -0.2) is 18.3 Å². The highest BCUT2D eigenvalue weighted by Crippen LogP contribution is 2.33. The van der Waals surface area contributed by atoms with Gasteiger partial charge in [-0.1, -0.05) is 23.7 Å². The Hall–Kier alpha value is -2.78. The van der Waals surface area contributed by atoms with Crippen LogP contribution in [0.4, 0.5) is 20.3 Å². The summed E-state index contributed by atoms with van der Waals surface area (Å²) in [6.45, 7) is 0. The minimum Gasteiger partial charge on any atom is -0.365 e. The standard InChI is InChI=1S/C19H19ClF2N6O/c20-12-4-1-2-5-13(12)26-18(29)11-10-24-28-9-7-15(27-17(11)28)25-14-6-3-8-19(21,22)16(14)23/h1-2,4-5,7,9-10,14,16H,3,6,8,23H2,(H,25,27)(H,26,29)/t14-,16-/m1/s1. The lowest BCUT2D eigenvalue weighted by atomic mass is 9.87. The van der Waals surface area contributed by atoms with E-state index < -0.39 is 23.9 Å². The number of carbonyl (C=O) groups excluding carboxylic acids is 1. The fraction of sp³-hybridized carbons (Fsp3) is 0.316. The molecule has 2 atom stereocenters. The van der Waals surface area contributed by atoms with Crippen molar-refractivity contribution in [3.8, 4) is 0 Å². The van der Waals surface area contributed by atoms with Gasteiger partial charge in [0.15, 0.2) is 5.65 Å². The van der Waals surface area contributed by atoms with Crippen molar-refractivity contribution in [2.75, 3.05) is 10.6 Å². The summed E-state index contributed by atoms with van der Waals surface area (Å²) in [6.07, 6.45) is 3.66. The Morgan fingerprint density at radius 2 is 2.10 bits per heavy atom. The Morgan fingerprint density at radius 3 is 2.90 bits per heavy atom. The normalized spacial score (nSPS) is 21.1. The molecule has 1 aliphatic rings. The Bertz CT molecular complexity index is 1060. The van der Waals surface area contributed by atoms with Crippen molar-refractivity contribution in [1.82, 2.24) is 14.6 Å². The number of anilines is 2. The van der Waals surface area contributed by atoms with E-state index in [4.69, 9.17) is 17.3 Å². The summed E-state index contributed by atoms with van der Waals surface area (Å²) in [7, 11) is 0. The predicted molar refractivity (Wildman–Crippen MR) is 107 cm³/mol. The molecule has 3 aromatic rings. The van der Waals surface area contributed by atoms with E-state index in [0.29, 0.717) is 29.4 Å². The molecule has 10 heteroatoms. The maximum absolute atomic E-state index is 13.9. The number of nitrogens with zero attached hydrogens (tertiary/aromatic N) is 3. The number of hydrogen-bond donors (Lipinski definition) is 3. The molecule has 152 valence electrons. The van der Waals surface area contributed by atoms with Crippen LogP contribution in [0.15, 0.2) is 42.7 Å². The molecule has 0 bridgehead atoms. The molecule has 4 rings (SSSR count). The number of halogens is 3. The molecule has 1 aromatic carbocycles. The van der Waals surface area contributed by atoms with E-state index in [-0.39, 0.29) is 17.6 Å². The second-order valence-corrected chi connectivity index (χ2v) is 7.41. The molecule has 2 heterocycles. The number of benzene rings is 1. The van der Waals surface area contributed by atoms with Gasteiger partial charge in [-0.05, 0) is 31.0 Å². The summed E-state index contributed by atoms with van der Waals surface area (Å²) >= 11 is 6.08. The predicted octanol–water partition coefficient (Wildman–Crippen LogP) is 3.56. The van der Waals surface area contributed by atoms with Gasteiger partial charge in [-0.15, -0.1) is 0 Å². The first kappa shape index (κ1) is 19.5. The SMILES string of the molecule is N[C@@H]1[C@H](Nc2ccn3ncc(C(=O)Nc4ccccc4Cl)c3n2)CCCC1(F)F. The Labute approximate surface area is 170 Å². The van der Waals surface area contributed by atoms with Crippen molar-refractivity contribution in [3.05, 3.63) is 53.3 Å². The van der Waals surface area contributed by atoms with E-state index in [1.165, 1.54) is 10.7 Å². The average Bonchev–Trinajstić information content (AvgIpc) is 3.11. The third kappa shape index (κ3) is 3.88. The molecule has 2 aromatic heterocycles. The van der Waals surface area contributed by atoms with E-state index in [9.17, 15) is 13.6 Å². The number of nitrogens with two attached hydrogens (primary N) is 1. The van der Waals surface area contributed by atoms with E-state index in [1.807, 2.05) is 0 Å². The first-order valence-corrected chi connectivity index (χ1v) is 9.53. The lowest BCUT2D eigenvalue weighted by Gasteiger charge is -2.36. The van der Waals surface area contributed by atoms with Crippen molar-refractivity contribution in [2.24, 2.45) is 5.73 Å². The number of fused-ring (bicyclic) bond motifs is 1. The van der Waals surface area contributed by atoms with E-state index in [1.54, 1.807) is 36.5 Å². The first-order chi connectivity index (χ1) is 13.8. The Morgan fingerprint density at radius 1 is 1.31 bits per heavy atom. The Kier molecular flexibility index (Phi) is 5.10. The van der Waals surface area contributed by atoms with E-state index in [2.05, 4.69) is 20.7 Å². The van der Waals surface area contributed by atoms with Crippen molar-refractivity contribution < 1.29 is 13.6 Å². The van der Waals surface area contributed by atoms with Gasteiger partial charge in [0.25, 0.3) is 11.8 Å². The molecule has 1 fully saturated rings. The van der Waals surface area contributed by atoms with E-state index >= 15 is 0 Å². The second kappa shape index (κ2) is 7.57. The maximum Gasteiger partial charge on any atom is 0.264 e. The highest BCUT2D eigenvalue weighted by Gasteiger charge is 2.44. The largest absolute Gasteiger partial charge is 0.365 e. The van der Waals surface area contributed by atoms with Crippen molar-refractivity contribution in [2.45, 2.75) is 37.3 Å². The quantitative estimate of drug-likeness (QED) is 0.599. The zero-order chi connectivity index (χ0) is 20.6. The molecular formula is C19H19ClF2N6O. The molecule has 0 unspecified atom stereocenters. The number of alkyl halides is 2. The third-order valence-corrected chi connectivity index (χ3v) is 5.35. The number of rotatable bonds is 4. The highest BCUT2D eigenvalue weighted by molar-refractivity contribution is 6.34. The van der Waals surface area contributed by atoms with E-state index in [0.717, 1.165) is 0 Å². The molecule has 29 heavy (non-hydrogen) atoms. The first-order valence-electron chi connectivity index (χ1n) is 9.15. The number of amides is 1. The van der Waals surface area contributed by atoms with Crippen LogP contribution in [-0.4, -0.2) is 38.5 Å². The minimum absolute atomic E-state index is 0.214. The smallest absolute Gasteiger partial charge is 0.264 e. The molecule has 0 radical (unpaired) electrons. The van der Waals surface area contributed by atoms with Crippen LogP contribution in [-0.2, 0) is 0 Å². The molecule has 1 aliphatic carbocycles. The number of nitrogens with one attached hydrogen (secondary N) is 2. The van der Waals surface area contributed by atoms with Gasteiger partial charge in [0.05, 0.1) is 22.9 Å². The van der Waals surface area contributed by atoms with Crippen LogP contribution in [0, 0.1) is 0 Å². The van der Waals surface area contributed by atoms with Gasteiger partial charge in [0.2, 0.25) is 0 Å². The third-order valence-electron chi connectivity index (χ3n) is 5.02. The van der Waals surface area contributed by atoms with Gasteiger partial charge < -0.3 is 16.4 Å². The summed E-state index contributed by atoms with van der Waals surface area (Å²) in [6, 6.07) is 6.54. The number of carbonyl (C=O) groups is 1. The van der Waals surface area contributed by atoms with Crippen LogP contribution in [0.1, 0.15) is 29.6 Å². The number of para-hydroxylation sites is 1. The topological polar surface area (TPSA) is 97.3 Å². The zero-order valence-electron chi connectivity index (χ0n) is 15.3. The van der Waals surface area contributed by atoms with Gasteiger partial charge in [0, 0.05) is 18.7 Å². The number of aromatic nitrogens is 3. The molecule has 4 N–H and O–H groups in total. The van der Waals surface area contributed by atoms with Crippen LogP contribution in [0.2, 0.25) is 5.02 Å². The van der Waals surface area contributed by atoms with Crippen molar-refractivity contribution in [3.63, 3.8) is 0 Å². The van der Waals surface area contributed by atoms with Gasteiger partial charge in [-0.3, -0.25) is 4.79 Å². The molecule has 0 spiro atoms. The Balaban J connectivity index is 1.58. The summed E-state index contributed by atoms with van der Waals surface area (Å²) in [4.78, 5) is 17.1. The summed E-state index contributed by atoms with van der Waals surface area (Å²) in [5.41, 5.74) is 6.72. The highest BCUT2D eigenvalue weighted by atomic mass is 35.5. The summed E-state index contributed by atoms with van der Waals surface area (Å²) in [5, 5.41) is 10.2. The molecule has 1 amide bonds. The lowest BCUT2D eigenvalue weighted by molar-refractivity contribution is -0.0554. The minimum atomic E-state index is -2.92. The average molecular weight is 421 g/mol. The van der Waals surface area contributed by atoms with Crippen LogP contribution in [0.5, 0.6) is 0 Å². The summed E-state index contributed by atoms with van der Waals surface area (Å²) < 4.78 is 29.2. The van der Waals surface area contributed by atoms with Gasteiger partial charge >= 0.3 is 0 Å². The van der Waals surface area contributed by atoms with Crippen LogP contribution >= 0.6 is 11.6 Å². The van der Waals surface area contributed by atoms with Crippen LogP contribution in [0.25, 0.3) is 5.65 Å². The molecule has 7 nitrogen and oxygen atoms in total. The maximum atomic E-state index is 13.9. The summed E-state index contributed by atoms with van der Waals surface area (Å²) in [5.74, 6) is -3.00. The van der Waals surface area contributed by atoms with Crippen LogP contribution in [0.3, 0.4) is 0 Å². The zero-order valence-corrected chi connectivity index (χ0v) is 16.0. The lowest BCUT2D eigenvalue weighted by Crippen LogP contribution is -2.55. The van der Waals surface area contributed by atoms with Crippen molar-refractivity contribution in [1.29, 1.82) is 0 Å². The molecule has 0 saturated heterocycles. The fourth-order valence-electron chi connectivity index (χ4n) is 3.41. The van der Waals surface area contributed by atoms with Crippen LogP contribution < -0.4 is 16.4 Å². The second-order valence-electron chi connectivity index (χ2n) is 7.00. The monoisotopic (exact) mass is 420 g/mol. The van der Waals surface area contributed by atoms with Gasteiger partial charge in [-0.2, -0.15) is 5.10 Å². The molecule has 1 saturated carbocycles. The molecule has 0 aliphatic heterocycles. The number of hydrogen-bond acceptors (Lipinski definition) is 5. The van der Waals surface area contributed by atoms with Gasteiger partial charge in [0.1, 0.15) is 11.4 Å². The molecular weight excluding hydrogens is 402 g/mol.